The minimum Gasteiger partial charge on any atom is -0.619 e. The van der Waals surface area contributed by atoms with E-state index in [2.05, 4.69) is 4.98 Å². The van der Waals surface area contributed by atoms with E-state index in [4.69, 9.17) is 4.42 Å². The topological polar surface area (TPSA) is 137 Å². The predicted octanol–water partition coefficient (Wildman–Crippen LogP) is 2.98. The average Bonchev–Trinajstić information content (AvgIpc) is 3.05. The van der Waals surface area contributed by atoms with Gasteiger partial charge >= 0.3 is 6.18 Å². The number of oxazole rings is 1. The molecule has 1 aromatic carbocycles. The third kappa shape index (κ3) is 3.31. The van der Waals surface area contributed by atoms with Crippen molar-refractivity contribution in [3.63, 3.8) is 0 Å². The summed E-state index contributed by atoms with van der Waals surface area (Å²) in [4.78, 5) is 13.8. The van der Waals surface area contributed by atoms with Crippen LogP contribution in [0.25, 0.3) is 22.7 Å². The Morgan fingerprint density at radius 2 is 1.93 bits per heavy atom. The van der Waals surface area contributed by atoms with Crippen molar-refractivity contribution in [3.8, 4) is 34.2 Å². The molecule has 0 radical (unpaired) electrons. The van der Waals surface area contributed by atoms with E-state index in [9.17, 15) is 38.7 Å². The smallest absolute Gasteiger partial charge is 0.417 e. The summed E-state index contributed by atoms with van der Waals surface area (Å²) in [6, 6.07) is 2.10. The summed E-state index contributed by atoms with van der Waals surface area (Å²) in [6.45, 7) is 0. The van der Waals surface area contributed by atoms with Gasteiger partial charge in [-0.3, -0.25) is 10.1 Å². The predicted molar refractivity (Wildman–Crippen MR) is 81.3 cm³/mol. The number of nitrogens with zero attached hydrogens (tertiary/aromatic N) is 3. The maximum Gasteiger partial charge on any atom is 0.417 e. The molecule has 27 heavy (non-hydrogen) atoms. The van der Waals surface area contributed by atoms with Crippen LogP contribution in [0.5, 0.6) is 11.5 Å². The standard InChI is InChI=1S/C15H8F3N3O6/c16-15(17,18)10-1-2-20(24)5-9(10)14-19-11(6-27-14)8-3-7(21(25)26)4-12(22)13(8)23/h1-6,22-23H. The second-order valence-corrected chi connectivity index (χ2v) is 5.29. The zero-order valence-electron chi connectivity index (χ0n) is 13.0. The van der Waals surface area contributed by atoms with Gasteiger partial charge in [-0.15, -0.1) is 0 Å². The fraction of sp³-hybridized carbons (Fsp3) is 0.0667. The number of aromatic nitrogens is 2. The second-order valence-electron chi connectivity index (χ2n) is 5.29. The Morgan fingerprint density at radius 1 is 1.22 bits per heavy atom. The van der Waals surface area contributed by atoms with Crippen molar-refractivity contribution in [2.45, 2.75) is 6.18 Å². The van der Waals surface area contributed by atoms with Gasteiger partial charge in [0.25, 0.3) is 5.69 Å². The van der Waals surface area contributed by atoms with E-state index in [-0.39, 0.29) is 16.0 Å². The number of nitro benzene ring substituents is 1. The summed E-state index contributed by atoms with van der Waals surface area (Å²) in [6.07, 6.45) is -2.72. The van der Waals surface area contributed by atoms with Crippen molar-refractivity contribution >= 4 is 5.69 Å². The zero-order chi connectivity index (χ0) is 19.9. The summed E-state index contributed by atoms with van der Waals surface area (Å²) < 4.78 is 44.5. The van der Waals surface area contributed by atoms with Crippen LogP contribution in [0.1, 0.15) is 5.56 Å². The van der Waals surface area contributed by atoms with Gasteiger partial charge in [0, 0.05) is 12.1 Å². The van der Waals surface area contributed by atoms with Crippen molar-refractivity contribution in [3.05, 3.63) is 57.7 Å². The van der Waals surface area contributed by atoms with Crippen LogP contribution >= 0.6 is 0 Å². The first-order valence-electron chi connectivity index (χ1n) is 7.04. The van der Waals surface area contributed by atoms with Gasteiger partial charge in [0.1, 0.15) is 17.5 Å². The van der Waals surface area contributed by atoms with E-state index >= 15 is 0 Å². The van der Waals surface area contributed by atoms with Gasteiger partial charge in [0.15, 0.2) is 23.9 Å². The molecule has 2 aromatic heterocycles. The minimum atomic E-state index is -4.80. The molecule has 0 bridgehead atoms. The molecule has 2 heterocycles. The summed E-state index contributed by atoms with van der Waals surface area (Å²) in [5, 5.41) is 41.7. The molecule has 0 fully saturated rings. The van der Waals surface area contributed by atoms with E-state index in [0.29, 0.717) is 24.5 Å². The van der Waals surface area contributed by atoms with Crippen LogP contribution in [0, 0.1) is 15.3 Å². The molecule has 0 aliphatic carbocycles. The lowest BCUT2D eigenvalue weighted by molar-refractivity contribution is -0.605. The lowest BCUT2D eigenvalue weighted by Gasteiger charge is -2.09. The number of alkyl halides is 3. The molecule has 0 unspecified atom stereocenters. The first-order chi connectivity index (χ1) is 12.6. The van der Waals surface area contributed by atoms with Crippen molar-refractivity contribution in [1.82, 2.24) is 4.98 Å². The highest BCUT2D eigenvalue weighted by Gasteiger charge is 2.36. The first kappa shape index (κ1) is 18.0. The molecule has 3 aromatic rings. The number of halogens is 3. The monoisotopic (exact) mass is 383 g/mol. The molecule has 0 amide bonds. The highest BCUT2D eigenvalue weighted by atomic mass is 19.4. The maximum absolute atomic E-state index is 13.1. The number of phenols is 2. The van der Waals surface area contributed by atoms with E-state index in [1.807, 2.05) is 0 Å². The van der Waals surface area contributed by atoms with Gasteiger partial charge < -0.3 is 19.8 Å². The number of benzene rings is 1. The van der Waals surface area contributed by atoms with Crippen LogP contribution in [0.3, 0.4) is 0 Å². The molecular formula is C15H8F3N3O6. The fourth-order valence-electron chi connectivity index (χ4n) is 2.32. The third-order valence-electron chi connectivity index (χ3n) is 3.54. The van der Waals surface area contributed by atoms with Crippen LogP contribution < -0.4 is 4.73 Å². The van der Waals surface area contributed by atoms with Gasteiger partial charge in [-0.1, -0.05) is 0 Å². The van der Waals surface area contributed by atoms with Gasteiger partial charge in [-0.25, -0.2) is 4.98 Å². The maximum atomic E-state index is 13.1. The van der Waals surface area contributed by atoms with Crippen LogP contribution in [0.4, 0.5) is 18.9 Å². The number of aromatic hydroxyl groups is 2. The van der Waals surface area contributed by atoms with Crippen molar-refractivity contribution in [2.75, 3.05) is 0 Å². The van der Waals surface area contributed by atoms with Crippen LogP contribution in [-0.2, 0) is 6.18 Å². The lowest BCUT2D eigenvalue weighted by atomic mass is 10.1. The molecule has 3 rings (SSSR count). The van der Waals surface area contributed by atoms with E-state index < -0.39 is 45.3 Å². The molecule has 0 atom stereocenters. The quantitative estimate of drug-likeness (QED) is 0.233. The Balaban J connectivity index is 2.15. The first-order valence-corrected chi connectivity index (χ1v) is 7.04. The van der Waals surface area contributed by atoms with E-state index in [0.717, 1.165) is 12.3 Å². The van der Waals surface area contributed by atoms with Crippen molar-refractivity contribution in [1.29, 1.82) is 0 Å². The van der Waals surface area contributed by atoms with Gasteiger partial charge in [0.2, 0.25) is 5.89 Å². The van der Waals surface area contributed by atoms with Crippen molar-refractivity contribution < 1.29 is 37.5 Å². The molecule has 9 nitrogen and oxygen atoms in total. The van der Waals surface area contributed by atoms with Crippen LogP contribution in [0.2, 0.25) is 0 Å². The number of phenolic OH excluding ortho intramolecular Hbond substituents is 2. The number of hydrogen-bond donors (Lipinski definition) is 2. The Bertz CT molecular complexity index is 1050. The highest BCUT2D eigenvalue weighted by Crippen LogP contribution is 2.41. The van der Waals surface area contributed by atoms with Crippen molar-refractivity contribution in [2.24, 2.45) is 0 Å². The molecule has 0 spiro atoms. The molecule has 140 valence electrons. The Kier molecular flexibility index (Phi) is 4.10. The highest BCUT2D eigenvalue weighted by molar-refractivity contribution is 5.74. The van der Waals surface area contributed by atoms with Gasteiger partial charge in [0.05, 0.1) is 22.1 Å². The zero-order valence-corrected chi connectivity index (χ0v) is 13.0. The lowest BCUT2D eigenvalue weighted by Crippen LogP contribution is -2.26. The number of rotatable bonds is 3. The number of hydrogen-bond acceptors (Lipinski definition) is 7. The number of nitro groups is 1. The van der Waals surface area contributed by atoms with Gasteiger partial charge in [-0.05, 0) is 0 Å². The summed E-state index contributed by atoms with van der Waals surface area (Å²) in [7, 11) is 0. The Morgan fingerprint density at radius 3 is 2.56 bits per heavy atom. The Hall–Kier alpha value is -3.83. The van der Waals surface area contributed by atoms with Crippen LogP contribution in [-0.4, -0.2) is 20.1 Å². The van der Waals surface area contributed by atoms with Gasteiger partial charge in [-0.2, -0.15) is 17.9 Å². The molecular weight excluding hydrogens is 375 g/mol. The Labute approximate surface area is 147 Å². The van der Waals surface area contributed by atoms with E-state index in [1.165, 1.54) is 0 Å². The average molecular weight is 383 g/mol. The molecule has 0 aliphatic heterocycles. The molecule has 2 N–H and O–H groups in total. The summed E-state index contributed by atoms with van der Waals surface area (Å²) in [5.74, 6) is -2.20. The van der Waals surface area contributed by atoms with Crippen LogP contribution in [0.15, 0.2) is 41.3 Å². The minimum absolute atomic E-state index is 0.116. The molecule has 0 aliphatic rings. The molecule has 12 heteroatoms. The molecule has 0 saturated heterocycles. The number of non-ortho nitro benzene ring substituents is 1. The van der Waals surface area contributed by atoms with E-state index in [1.54, 1.807) is 0 Å². The SMILES string of the molecule is O=[N+]([O-])c1cc(O)c(O)c(-c2coc(-c3c[n+]([O-])ccc3C(F)(F)F)n2)c1. The fourth-order valence-corrected chi connectivity index (χ4v) is 2.32. The third-order valence-corrected chi connectivity index (χ3v) is 3.54. The molecule has 0 saturated carbocycles. The largest absolute Gasteiger partial charge is 0.619 e. The normalized spacial score (nSPS) is 11.5. The number of pyridine rings is 1. The summed E-state index contributed by atoms with van der Waals surface area (Å²) in [5.41, 5.74) is -3.06. The second kappa shape index (κ2) is 6.16. The summed E-state index contributed by atoms with van der Waals surface area (Å²) >= 11 is 0.